The van der Waals surface area contributed by atoms with Crippen LogP contribution < -0.4 is 5.73 Å². The van der Waals surface area contributed by atoms with Crippen molar-refractivity contribution >= 4 is 22.6 Å². The molecule has 1 aromatic carbocycles. The van der Waals surface area contributed by atoms with Crippen molar-refractivity contribution in [3.05, 3.63) is 29.0 Å². The summed E-state index contributed by atoms with van der Waals surface area (Å²) in [5.74, 6) is 1.22. The zero-order valence-corrected chi connectivity index (χ0v) is 12.4. The number of rotatable bonds is 4. The maximum absolute atomic E-state index is 6.11. The van der Waals surface area contributed by atoms with Gasteiger partial charge in [-0.3, -0.25) is 0 Å². The van der Waals surface area contributed by atoms with Crippen LogP contribution in [0, 0.1) is 5.41 Å². The number of fused-ring (bicyclic) bond motifs is 1. The van der Waals surface area contributed by atoms with Gasteiger partial charge in [0, 0.05) is 17.5 Å². The first-order valence-electron chi connectivity index (χ1n) is 7.57. The molecule has 0 amide bonds. The Morgan fingerprint density at radius 3 is 2.75 bits per heavy atom. The Bertz CT molecular complexity index is 648. The quantitative estimate of drug-likeness (QED) is 0.933. The average molecular weight is 290 g/mol. The van der Waals surface area contributed by atoms with Gasteiger partial charge in [-0.25, -0.2) is 4.98 Å². The smallest absolute Gasteiger partial charge is 0.110 e. The Labute approximate surface area is 124 Å². The maximum atomic E-state index is 6.11. The summed E-state index contributed by atoms with van der Waals surface area (Å²) in [6, 6.07) is 6.71. The minimum atomic E-state index is 0.303. The molecule has 0 spiro atoms. The molecule has 0 radical (unpaired) electrons. The number of aromatic nitrogens is 2. The van der Waals surface area contributed by atoms with E-state index in [9.17, 15) is 0 Å². The van der Waals surface area contributed by atoms with Crippen LogP contribution in [0.4, 0.5) is 0 Å². The van der Waals surface area contributed by atoms with E-state index in [1.807, 2.05) is 12.1 Å². The predicted molar refractivity (Wildman–Crippen MR) is 82.1 cm³/mol. The number of hydrogen-bond acceptors (Lipinski definition) is 2. The van der Waals surface area contributed by atoms with E-state index < -0.39 is 0 Å². The predicted octanol–water partition coefficient (Wildman–Crippen LogP) is 3.70. The summed E-state index contributed by atoms with van der Waals surface area (Å²) in [5.41, 5.74) is 8.59. The van der Waals surface area contributed by atoms with Crippen molar-refractivity contribution < 1.29 is 0 Å². The van der Waals surface area contributed by atoms with Gasteiger partial charge in [-0.2, -0.15) is 0 Å². The number of nitrogens with two attached hydrogens (primary N) is 1. The molecule has 4 rings (SSSR count). The Balaban J connectivity index is 1.79. The van der Waals surface area contributed by atoms with Gasteiger partial charge in [-0.05, 0) is 55.8 Å². The van der Waals surface area contributed by atoms with Crippen molar-refractivity contribution in [2.45, 2.75) is 44.6 Å². The molecule has 20 heavy (non-hydrogen) atoms. The highest BCUT2D eigenvalue weighted by atomic mass is 35.5. The first-order valence-corrected chi connectivity index (χ1v) is 7.95. The van der Waals surface area contributed by atoms with E-state index in [2.05, 4.69) is 10.6 Å². The van der Waals surface area contributed by atoms with Crippen molar-refractivity contribution in [3.8, 4) is 0 Å². The first kappa shape index (κ1) is 12.7. The van der Waals surface area contributed by atoms with Crippen LogP contribution in [0.5, 0.6) is 0 Å². The van der Waals surface area contributed by atoms with E-state index in [0.29, 0.717) is 11.5 Å². The van der Waals surface area contributed by atoms with Gasteiger partial charge in [0.05, 0.1) is 11.0 Å². The van der Waals surface area contributed by atoms with Crippen molar-refractivity contribution in [1.82, 2.24) is 9.55 Å². The minimum absolute atomic E-state index is 0.303. The Kier molecular flexibility index (Phi) is 2.83. The third kappa shape index (κ3) is 1.95. The molecule has 0 atom stereocenters. The highest BCUT2D eigenvalue weighted by molar-refractivity contribution is 6.31. The van der Waals surface area contributed by atoms with Crippen molar-refractivity contribution in [3.63, 3.8) is 0 Å². The summed E-state index contributed by atoms with van der Waals surface area (Å²) in [6.07, 6.45) is 7.38. The standard InChI is InChI=1S/C16H20ClN3/c17-11-2-5-14-13(8-11)19-15(20(14)12-3-4-12)9-16(10-18)6-1-7-16/h2,5,8,12H,1,3-4,6-7,9-10,18H2. The van der Waals surface area contributed by atoms with Crippen LogP contribution in [0.2, 0.25) is 5.02 Å². The molecular formula is C16H20ClN3. The van der Waals surface area contributed by atoms with Crippen molar-refractivity contribution in [2.24, 2.45) is 11.1 Å². The van der Waals surface area contributed by atoms with Crippen molar-refractivity contribution in [1.29, 1.82) is 0 Å². The fraction of sp³-hybridized carbons (Fsp3) is 0.562. The van der Waals surface area contributed by atoms with E-state index in [-0.39, 0.29) is 0 Å². The van der Waals surface area contributed by atoms with Gasteiger partial charge in [-0.15, -0.1) is 0 Å². The lowest BCUT2D eigenvalue weighted by atomic mass is 9.66. The molecule has 106 valence electrons. The van der Waals surface area contributed by atoms with E-state index in [1.54, 1.807) is 0 Å². The van der Waals surface area contributed by atoms with Gasteiger partial charge in [-0.1, -0.05) is 18.0 Å². The van der Waals surface area contributed by atoms with Gasteiger partial charge >= 0.3 is 0 Å². The van der Waals surface area contributed by atoms with Crippen LogP contribution in [0.3, 0.4) is 0 Å². The minimum Gasteiger partial charge on any atom is -0.330 e. The molecule has 1 heterocycles. The number of hydrogen-bond donors (Lipinski definition) is 1. The third-order valence-electron chi connectivity index (χ3n) is 5.02. The molecule has 2 fully saturated rings. The first-order chi connectivity index (χ1) is 9.71. The molecule has 2 saturated carbocycles. The molecule has 4 heteroatoms. The van der Waals surface area contributed by atoms with Crippen LogP contribution in [-0.4, -0.2) is 16.1 Å². The van der Waals surface area contributed by atoms with E-state index in [0.717, 1.165) is 23.5 Å². The molecule has 2 aliphatic carbocycles. The molecule has 1 aromatic heterocycles. The average Bonchev–Trinajstić information content (AvgIpc) is 3.16. The SMILES string of the molecule is NCC1(Cc2nc3cc(Cl)ccc3n2C2CC2)CCC1. The second-order valence-corrected chi connectivity index (χ2v) is 6.93. The molecule has 3 nitrogen and oxygen atoms in total. The summed E-state index contributed by atoms with van der Waals surface area (Å²) < 4.78 is 2.45. The Hall–Kier alpha value is -1.06. The van der Waals surface area contributed by atoms with Crippen LogP contribution in [0.1, 0.15) is 44.0 Å². The second kappa shape index (κ2) is 4.47. The lowest BCUT2D eigenvalue weighted by Crippen LogP contribution is -2.39. The van der Waals surface area contributed by atoms with Crippen LogP contribution in [0.25, 0.3) is 11.0 Å². The van der Waals surface area contributed by atoms with E-state index in [1.165, 1.54) is 43.4 Å². The number of nitrogens with zero attached hydrogens (tertiary/aromatic N) is 2. The monoisotopic (exact) mass is 289 g/mol. The Morgan fingerprint density at radius 2 is 2.15 bits per heavy atom. The summed E-state index contributed by atoms with van der Waals surface area (Å²) >= 11 is 6.11. The molecule has 0 bridgehead atoms. The van der Waals surface area contributed by atoms with Crippen LogP contribution >= 0.6 is 11.6 Å². The normalized spacial score (nSPS) is 21.1. The van der Waals surface area contributed by atoms with Crippen LogP contribution in [-0.2, 0) is 6.42 Å². The molecule has 0 aliphatic heterocycles. The topological polar surface area (TPSA) is 43.8 Å². The Morgan fingerprint density at radius 1 is 1.35 bits per heavy atom. The molecular weight excluding hydrogens is 270 g/mol. The third-order valence-corrected chi connectivity index (χ3v) is 5.25. The lowest BCUT2D eigenvalue weighted by Gasteiger charge is -2.40. The fourth-order valence-electron chi connectivity index (χ4n) is 3.45. The van der Waals surface area contributed by atoms with Gasteiger partial charge in [0.1, 0.15) is 5.82 Å². The molecule has 0 unspecified atom stereocenters. The largest absolute Gasteiger partial charge is 0.330 e. The molecule has 0 saturated heterocycles. The summed E-state index contributed by atoms with van der Waals surface area (Å²) in [6.45, 7) is 0.779. The second-order valence-electron chi connectivity index (χ2n) is 6.50. The van der Waals surface area contributed by atoms with Crippen molar-refractivity contribution in [2.75, 3.05) is 6.54 Å². The number of imidazole rings is 1. The maximum Gasteiger partial charge on any atom is 0.110 e. The molecule has 2 N–H and O–H groups in total. The highest BCUT2D eigenvalue weighted by Gasteiger charge is 2.38. The summed E-state index contributed by atoms with van der Waals surface area (Å²) in [7, 11) is 0. The van der Waals surface area contributed by atoms with Gasteiger partial charge in [0.25, 0.3) is 0 Å². The zero-order chi connectivity index (χ0) is 13.7. The molecule has 2 aliphatic rings. The highest BCUT2D eigenvalue weighted by Crippen LogP contribution is 2.45. The number of benzene rings is 1. The van der Waals surface area contributed by atoms with E-state index >= 15 is 0 Å². The fourth-order valence-corrected chi connectivity index (χ4v) is 3.62. The van der Waals surface area contributed by atoms with Gasteiger partial charge in [0.2, 0.25) is 0 Å². The molecule has 2 aromatic rings. The summed E-state index contributed by atoms with van der Waals surface area (Å²) in [5, 5.41) is 0.765. The van der Waals surface area contributed by atoms with E-state index in [4.69, 9.17) is 22.3 Å². The van der Waals surface area contributed by atoms with Gasteiger partial charge < -0.3 is 10.3 Å². The zero-order valence-electron chi connectivity index (χ0n) is 11.6. The summed E-state index contributed by atoms with van der Waals surface area (Å²) in [4.78, 5) is 4.87. The lowest BCUT2D eigenvalue weighted by molar-refractivity contribution is 0.140. The number of halogens is 1. The van der Waals surface area contributed by atoms with Crippen LogP contribution in [0.15, 0.2) is 18.2 Å². The van der Waals surface area contributed by atoms with Gasteiger partial charge in [0.15, 0.2) is 0 Å².